The normalized spacial score (nSPS) is 10.8. The first-order chi connectivity index (χ1) is 8.79. The molecule has 9 heteroatoms. The third kappa shape index (κ3) is 4.00. The summed E-state index contributed by atoms with van der Waals surface area (Å²) >= 11 is 0. The molecule has 1 rings (SSSR count). The molecular weight excluding hydrogens is 254 g/mol. The van der Waals surface area contributed by atoms with Crippen molar-refractivity contribution in [1.82, 2.24) is 0 Å². The third-order valence-corrected chi connectivity index (χ3v) is 1.90. The number of aromatic carboxylic acids is 2. The van der Waals surface area contributed by atoms with E-state index >= 15 is 0 Å². The number of rotatable bonds is 3. The highest BCUT2D eigenvalue weighted by atomic mass is 16.4. The van der Waals surface area contributed by atoms with Gasteiger partial charge in [-0.15, -0.1) is 0 Å². The standard InChI is InChI=1S/C10H11N5O4/c11-9(12)15-10(13)14-6-2-4(7(16)17)1-5(3-6)8(18)19/h1-3H,(H,16,17)(H,18,19)(H6,11,12,13,14,15). The topological polar surface area (TPSA) is 177 Å². The Labute approximate surface area is 107 Å². The van der Waals surface area contributed by atoms with Crippen molar-refractivity contribution in [3.05, 3.63) is 29.3 Å². The molecule has 0 fully saturated rings. The van der Waals surface area contributed by atoms with Crippen LogP contribution < -0.4 is 17.2 Å². The number of hydrogen-bond donors (Lipinski definition) is 5. The van der Waals surface area contributed by atoms with Gasteiger partial charge in [-0.05, 0) is 18.2 Å². The van der Waals surface area contributed by atoms with Gasteiger partial charge in [0.1, 0.15) is 0 Å². The fourth-order valence-corrected chi connectivity index (χ4v) is 1.21. The SMILES string of the molecule is NC(N)=NC(N)=Nc1cc(C(=O)O)cc(C(=O)O)c1. The van der Waals surface area contributed by atoms with Gasteiger partial charge in [0, 0.05) is 0 Å². The molecule has 1 aromatic carbocycles. The van der Waals surface area contributed by atoms with Crippen LogP contribution in [0.1, 0.15) is 20.7 Å². The number of carboxylic acids is 2. The van der Waals surface area contributed by atoms with Crippen molar-refractivity contribution < 1.29 is 19.8 Å². The molecule has 100 valence electrons. The average molecular weight is 265 g/mol. The first-order valence-corrected chi connectivity index (χ1v) is 4.85. The first-order valence-electron chi connectivity index (χ1n) is 4.85. The summed E-state index contributed by atoms with van der Waals surface area (Å²) in [5, 5.41) is 17.7. The van der Waals surface area contributed by atoms with E-state index in [1.807, 2.05) is 0 Å². The number of aliphatic imine (C=N–C) groups is 2. The number of benzene rings is 1. The third-order valence-electron chi connectivity index (χ3n) is 1.90. The van der Waals surface area contributed by atoms with E-state index in [4.69, 9.17) is 27.4 Å². The van der Waals surface area contributed by atoms with Crippen LogP contribution in [0.5, 0.6) is 0 Å². The van der Waals surface area contributed by atoms with Crippen LogP contribution in [0, 0.1) is 0 Å². The summed E-state index contributed by atoms with van der Waals surface area (Å²) in [7, 11) is 0. The summed E-state index contributed by atoms with van der Waals surface area (Å²) in [5.41, 5.74) is 15.1. The summed E-state index contributed by atoms with van der Waals surface area (Å²) in [6.07, 6.45) is 0. The zero-order valence-electron chi connectivity index (χ0n) is 9.57. The molecule has 1 aromatic rings. The van der Waals surface area contributed by atoms with E-state index in [0.29, 0.717) is 0 Å². The summed E-state index contributed by atoms with van der Waals surface area (Å²) in [6, 6.07) is 3.29. The second kappa shape index (κ2) is 5.49. The van der Waals surface area contributed by atoms with Gasteiger partial charge in [0.25, 0.3) is 0 Å². The molecular formula is C10H11N5O4. The van der Waals surface area contributed by atoms with Crippen molar-refractivity contribution in [2.45, 2.75) is 0 Å². The fourth-order valence-electron chi connectivity index (χ4n) is 1.21. The van der Waals surface area contributed by atoms with Crippen LogP contribution in [0.4, 0.5) is 5.69 Å². The number of nitrogens with zero attached hydrogens (tertiary/aromatic N) is 2. The van der Waals surface area contributed by atoms with E-state index < -0.39 is 11.9 Å². The summed E-state index contributed by atoms with van der Waals surface area (Å²) < 4.78 is 0. The van der Waals surface area contributed by atoms with E-state index in [2.05, 4.69) is 9.98 Å². The van der Waals surface area contributed by atoms with Crippen molar-refractivity contribution >= 4 is 29.5 Å². The molecule has 0 heterocycles. The van der Waals surface area contributed by atoms with Crippen LogP contribution in [-0.4, -0.2) is 34.1 Å². The molecule has 0 radical (unpaired) electrons. The number of guanidine groups is 2. The number of carboxylic acid groups (broad SMARTS) is 2. The summed E-state index contributed by atoms with van der Waals surface area (Å²) in [4.78, 5) is 28.8. The van der Waals surface area contributed by atoms with Gasteiger partial charge < -0.3 is 27.4 Å². The van der Waals surface area contributed by atoms with Crippen LogP contribution in [0.25, 0.3) is 0 Å². The minimum absolute atomic E-state index is 0.0137. The Kier molecular flexibility index (Phi) is 4.03. The Morgan fingerprint density at radius 1 is 0.947 bits per heavy atom. The second-order valence-corrected chi connectivity index (χ2v) is 3.39. The van der Waals surface area contributed by atoms with Crippen molar-refractivity contribution in [3.8, 4) is 0 Å². The van der Waals surface area contributed by atoms with E-state index in [1.165, 1.54) is 0 Å². The zero-order valence-corrected chi connectivity index (χ0v) is 9.57. The predicted octanol–water partition coefficient (Wildman–Crippen LogP) is -0.697. The van der Waals surface area contributed by atoms with E-state index in [-0.39, 0.29) is 28.7 Å². The lowest BCUT2D eigenvalue weighted by Gasteiger charge is -2.01. The van der Waals surface area contributed by atoms with E-state index in [1.54, 1.807) is 0 Å². The summed E-state index contributed by atoms with van der Waals surface area (Å²) in [6.45, 7) is 0. The Morgan fingerprint density at radius 3 is 1.79 bits per heavy atom. The monoisotopic (exact) mass is 265 g/mol. The number of hydrogen-bond acceptors (Lipinski definition) is 3. The highest BCUT2D eigenvalue weighted by Gasteiger charge is 2.11. The zero-order chi connectivity index (χ0) is 14.6. The molecule has 0 aliphatic rings. The van der Waals surface area contributed by atoms with Gasteiger partial charge in [0.2, 0.25) is 5.96 Å². The van der Waals surface area contributed by atoms with Crippen LogP contribution in [-0.2, 0) is 0 Å². The minimum atomic E-state index is -1.29. The van der Waals surface area contributed by atoms with Crippen LogP contribution in [0.15, 0.2) is 28.2 Å². The van der Waals surface area contributed by atoms with Crippen LogP contribution in [0.2, 0.25) is 0 Å². The summed E-state index contributed by atoms with van der Waals surface area (Å²) in [5.74, 6) is -3.23. The molecule has 0 saturated carbocycles. The minimum Gasteiger partial charge on any atom is -0.478 e. The Morgan fingerprint density at radius 2 is 1.42 bits per heavy atom. The Hall–Kier alpha value is -3.10. The van der Waals surface area contributed by atoms with Gasteiger partial charge in [0.05, 0.1) is 16.8 Å². The Bertz CT molecular complexity index is 557. The van der Waals surface area contributed by atoms with Crippen molar-refractivity contribution in [3.63, 3.8) is 0 Å². The molecule has 0 spiro atoms. The Balaban J connectivity index is 3.31. The second-order valence-electron chi connectivity index (χ2n) is 3.39. The highest BCUT2D eigenvalue weighted by molar-refractivity contribution is 5.97. The molecule has 8 N–H and O–H groups in total. The smallest absolute Gasteiger partial charge is 0.335 e. The molecule has 0 bridgehead atoms. The van der Waals surface area contributed by atoms with Gasteiger partial charge in [0.15, 0.2) is 5.96 Å². The van der Waals surface area contributed by atoms with Gasteiger partial charge in [-0.1, -0.05) is 0 Å². The van der Waals surface area contributed by atoms with Crippen molar-refractivity contribution in [2.24, 2.45) is 27.2 Å². The lowest BCUT2D eigenvalue weighted by Crippen LogP contribution is -2.26. The number of carbonyl (C=O) groups is 2. The van der Waals surface area contributed by atoms with E-state index in [9.17, 15) is 9.59 Å². The maximum absolute atomic E-state index is 10.9. The molecule has 0 atom stereocenters. The van der Waals surface area contributed by atoms with Crippen molar-refractivity contribution in [2.75, 3.05) is 0 Å². The van der Waals surface area contributed by atoms with Crippen LogP contribution in [0.3, 0.4) is 0 Å². The molecule has 0 saturated heterocycles. The van der Waals surface area contributed by atoms with Crippen molar-refractivity contribution in [1.29, 1.82) is 0 Å². The van der Waals surface area contributed by atoms with E-state index in [0.717, 1.165) is 18.2 Å². The maximum atomic E-state index is 10.9. The molecule has 0 aliphatic heterocycles. The molecule has 19 heavy (non-hydrogen) atoms. The van der Waals surface area contributed by atoms with Gasteiger partial charge >= 0.3 is 11.9 Å². The maximum Gasteiger partial charge on any atom is 0.335 e. The lowest BCUT2D eigenvalue weighted by atomic mass is 10.1. The lowest BCUT2D eigenvalue weighted by molar-refractivity contribution is 0.0696. The molecule has 0 amide bonds. The molecule has 0 aliphatic carbocycles. The predicted molar refractivity (Wildman–Crippen MR) is 67.5 cm³/mol. The number of nitrogens with two attached hydrogens (primary N) is 3. The first kappa shape index (κ1) is 14.0. The average Bonchev–Trinajstić information content (AvgIpc) is 2.26. The molecule has 0 aromatic heterocycles. The molecule has 0 unspecified atom stereocenters. The van der Waals surface area contributed by atoms with Gasteiger partial charge in [-0.2, -0.15) is 4.99 Å². The molecule has 9 nitrogen and oxygen atoms in total. The highest BCUT2D eigenvalue weighted by Crippen LogP contribution is 2.18. The van der Waals surface area contributed by atoms with Gasteiger partial charge in [-0.25, -0.2) is 14.6 Å². The van der Waals surface area contributed by atoms with Gasteiger partial charge in [-0.3, -0.25) is 0 Å². The largest absolute Gasteiger partial charge is 0.478 e. The quantitative estimate of drug-likeness (QED) is 0.354. The fraction of sp³-hybridized carbons (Fsp3) is 0. The van der Waals surface area contributed by atoms with Crippen LogP contribution >= 0.6 is 0 Å².